The number of hydrogen-bond acceptors (Lipinski definition) is 5. The van der Waals surface area contributed by atoms with Crippen LogP contribution in [-0.2, 0) is 4.79 Å². The van der Waals surface area contributed by atoms with Gasteiger partial charge < -0.3 is 15.2 Å². The second kappa shape index (κ2) is 10.9. The molecule has 3 aromatic rings. The topological polar surface area (TPSA) is 100 Å². The molecule has 8 heteroatoms. The van der Waals surface area contributed by atoms with Crippen molar-refractivity contribution in [3.8, 4) is 11.5 Å². The van der Waals surface area contributed by atoms with Gasteiger partial charge in [0, 0.05) is 10.0 Å². The zero-order valence-corrected chi connectivity index (χ0v) is 18.7. The lowest BCUT2D eigenvalue weighted by atomic mass is 10.1. The molecule has 0 fully saturated rings. The van der Waals surface area contributed by atoms with Crippen molar-refractivity contribution >= 4 is 40.0 Å². The SMILES string of the molecule is COc1cc(C=NNC(=O)/C(=C/c2cccc(Br)c2)NC(=O)c2ccccc2)ccc1O. The van der Waals surface area contributed by atoms with Crippen molar-refractivity contribution in [2.24, 2.45) is 5.10 Å². The van der Waals surface area contributed by atoms with E-state index in [0.717, 1.165) is 4.47 Å². The van der Waals surface area contributed by atoms with Gasteiger partial charge in [-0.2, -0.15) is 5.10 Å². The van der Waals surface area contributed by atoms with Crippen molar-refractivity contribution in [3.05, 3.63) is 99.7 Å². The van der Waals surface area contributed by atoms with Gasteiger partial charge in [0.1, 0.15) is 5.70 Å². The largest absolute Gasteiger partial charge is 0.504 e. The third-order valence-corrected chi connectivity index (χ3v) is 4.77. The third-order valence-electron chi connectivity index (χ3n) is 4.27. The van der Waals surface area contributed by atoms with E-state index >= 15 is 0 Å². The van der Waals surface area contributed by atoms with Crippen LogP contribution in [0.2, 0.25) is 0 Å². The first-order valence-electron chi connectivity index (χ1n) is 9.50. The number of hydrazone groups is 1. The van der Waals surface area contributed by atoms with Gasteiger partial charge in [-0.3, -0.25) is 9.59 Å². The minimum Gasteiger partial charge on any atom is -0.504 e. The Morgan fingerprint density at radius 1 is 1.00 bits per heavy atom. The van der Waals surface area contributed by atoms with Gasteiger partial charge in [0.25, 0.3) is 11.8 Å². The first kappa shape index (κ1) is 22.8. The van der Waals surface area contributed by atoms with E-state index in [9.17, 15) is 14.7 Å². The second-order valence-electron chi connectivity index (χ2n) is 6.56. The molecule has 0 heterocycles. The number of nitrogens with zero attached hydrogens (tertiary/aromatic N) is 1. The van der Waals surface area contributed by atoms with Crippen molar-refractivity contribution < 1.29 is 19.4 Å². The molecule has 0 aliphatic rings. The maximum absolute atomic E-state index is 12.8. The highest BCUT2D eigenvalue weighted by atomic mass is 79.9. The van der Waals surface area contributed by atoms with E-state index in [1.807, 2.05) is 18.2 Å². The monoisotopic (exact) mass is 493 g/mol. The predicted molar refractivity (Wildman–Crippen MR) is 126 cm³/mol. The number of rotatable bonds is 7. The van der Waals surface area contributed by atoms with Crippen molar-refractivity contribution in [1.82, 2.24) is 10.7 Å². The summed E-state index contributed by atoms with van der Waals surface area (Å²) >= 11 is 3.39. The number of phenolic OH excluding ortho intramolecular Hbond substituents is 1. The highest BCUT2D eigenvalue weighted by molar-refractivity contribution is 9.10. The lowest BCUT2D eigenvalue weighted by Crippen LogP contribution is -2.32. The summed E-state index contributed by atoms with van der Waals surface area (Å²) in [6.07, 6.45) is 2.95. The number of hydrogen-bond donors (Lipinski definition) is 3. The summed E-state index contributed by atoms with van der Waals surface area (Å²) in [5, 5.41) is 16.3. The molecule has 0 aliphatic heterocycles. The summed E-state index contributed by atoms with van der Waals surface area (Å²) in [7, 11) is 1.44. The Balaban J connectivity index is 1.80. The average Bonchev–Trinajstić information content (AvgIpc) is 2.80. The number of halogens is 1. The molecule has 0 saturated heterocycles. The van der Waals surface area contributed by atoms with E-state index < -0.39 is 11.8 Å². The summed E-state index contributed by atoms with van der Waals surface area (Å²) in [4.78, 5) is 25.4. The number of carbonyl (C=O) groups excluding carboxylic acids is 2. The number of nitrogens with one attached hydrogen (secondary N) is 2. The maximum Gasteiger partial charge on any atom is 0.287 e. The number of methoxy groups -OCH3 is 1. The van der Waals surface area contributed by atoms with Gasteiger partial charge in [-0.15, -0.1) is 0 Å². The number of aromatic hydroxyl groups is 1. The minimum absolute atomic E-state index is 0.00319. The van der Waals surface area contributed by atoms with Crippen LogP contribution in [0.25, 0.3) is 6.08 Å². The minimum atomic E-state index is -0.601. The van der Waals surface area contributed by atoms with Crippen LogP contribution in [0, 0.1) is 0 Å². The highest BCUT2D eigenvalue weighted by Gasteiger charge is 2.14. The molecular formula is C24H20BrN3O4. The molecule has 3 aromatic carbocycles. The number of carbonyl (C=O) groups is 2. The zero-order chi connectivity index (χ0) is 22.9. The molecule has 162 valence electrons. The molecule has 3 N–H and O–H groups in total. The summed E-state index contributed by atoms with van der Waals surface area (Å²) in [6.45, 7) is 0. The Labute approximate surface area is 193 Å². The van der Waals surface area contributed by atoms with Crippen LogP contribution < -0.4 is 15.5 Å². The van der Waals surface area contributed by atoms with Crippen molar-refractivity contribution in [2.45, 2.75) is 0 Å². The Hall–Kier alpha value is -3.91. The fourth-order valence-corrected chi connectivity index (χ4v) is 3.12. The molecule has 0 unspecified atom stereocenters. The standard InChI is InChI=1S/C24H20BrN3O4/c1-32-22-14-17(10-11-21(22)29)15-26-28-24(31)20(13-16-6-5-9-19(25)12-16)27-23(30)18-7-3-2-4-8-18/h2-15,29H,1H3,(H,27,30)(H,28,31)/b20-13-,26-15?. The van der Waals surface area contributed by atoms with Crippen LogP contribution in [0.15, 0.2) is 88.1 Å². The summed E-state index contributed by atoms with van der Waals surface area (Å²) in [5.41, 5.74) is 4.17. The third kappa shape index (κ3) is 6.29. The Morgan fingerprint density at radius 2 is 1.78 bits per heavy atom. The number of phenols is 1. The van der Waals surface area contributed by atoms with E-state index in [2.05, 4.69) is 31.8 Å². The molecule has 0 spiro atoms. The van der Waals surface area contributed by atoms with Gasteiger partial charge in [-0.25, -0.2) is 5.43 Å². The molecule has 0 saturated carbocycles. The Kier molecular flexibility index (Phi) is 7.77. The molecule has 0 aromatic heterocycles. The Bertz CT molecular complexity index is 1180. The fraction of sp³-hybridized carbons (Fsp3) is 0.0417. The lowest BCUT2D eigenvalue weighted by molar-refractivity contribution is -0.117. The van der Waals surface area contributed by atoms with Gasteiger partial charge in [-0.1, -0.05) is 46.3 Å². The summed E-state index contributed by atoms with van der Waals surface area (Å²) in [5.74, 6) is -0.743. The van der Waals surface area contributed by atoms with Crippen LogP contribution in [0.5, 0.6) is 11.5 Å². The van der Waals surface area contributed by atoms with Crippen LogP contribution >= 0.6 is 15.9 Å². The van der Waals surface area contributed by atoms with Crippen LogP contribution in [0.1, 0.15) is 21.5 Å². The van der Waals surface area contributed by atoms with E-state index in [1.54, 1.807) is 54.6 Å². The second-order valence-corrected chi connectivity index (χ2v) is 7.48. The molecule has 0 radical (unpaired) electrons. The summed E-state index contributed by atoms with van der Waals surface area (Å²) in [6, 6.07) is 20.5. The van der Waals surface area contributed by atoms with Crippen LogP contribution in [0.4, 0.5) is 0 Å². The Morgan fingerprint density at radius 3 is 2.50 bits per heavy atom. The van der Waals surface area contributed by atoms with Gasteiger partial charge in [0.05, 0.1) is 13.3 Å². The first-order chi connectivity index (χ1) is 15.5. The molecule has 0 aliphatic carbocycles. The summed E-state index contributed by atoms with van der Waals surface area (Å²) < 4.78 is 5.89. The molecule has 3 rings (SSSR count). The molecule has 0 atom stereocenters. The predicted octanol–water partition coefficient (Wildman–Crippen LogP) is 4.08. The highest BCUT2D eigenvalue weighted by Crippen LogP contribution is 2.25. The van der Waals surface area contributed by atoms with E-state index in [4.69, 9.17) is 4.74 Å². The van der Waals surface area contributed by atoms with Gasteiger partial charge >= 0.3 is 0 Å². The van der Waals surface area contributed by atoms with Gasteiger partial charge in [-0.05, 0) is 59.7 Å². The van der Waals surface area contributed by atoms with Crippen molar-refractivity contribution in [3.63, 3.8) is 0 Å². The number of amides is 2. The molecule has 32 heavy (non-hydrogen) atoms. The van der Waals surface area contributed by atoms with E-state index in [1.165, 1.54) is 19.4 Å². The van der Waals surface area contributed by atoms with Gasteiger partial charge in [0.2, 0.25) is 0 Å². The average molecular weight is 494 g/mol. The van der Waals surface area contributed by atoms with Crippen LogP contribution in [0.3, 0.4) is 0 Å². The zero-order valence-electron chi connectivity index (χ0n) is 17.1. The number of ether oxygens (including phenoxy) is 1. The van der Waals surface area contributed by atoms with Crippen LogP contribution in [-0.4, -0.2) is 30.2 Å². The first-order valence-corrected chi connectivity index (χ1v) is 10.3. The molecule has 2 amide bonds. The molecular weight excluding hydrogens is 474 g/mol. The molecule has 7 nitrogen and oxygen atoms in total. The fourth-order valence-electron chi connectivity index (χ4n) is 2.71. The quantitative estimate of drug-likeness (QED) is 0.262. The normalized spacial score (nSPS) is 11.2. The molecule has 0 bridgehead atoms. The van der Waals surface area contributed by atoms with Gasteiger partial charge in [0.15, 0.2) is 11.5 Å². The van der Waals surface area contributed by atoms with E-state index in [-0.39, 0.29) is 17.2 Å². The smallest absolute Gasteiger partial charge is 0.287 e. The number of benzene rings is 3. The lowest BCUT2D eigenvalue weighted by Gasteiger charge is -2.09. The maximum atomic E-state index is 12.8. The van der Waals surface area contributed by atoms with Crippen molar-refractivity contribution in [1.29, 1.82) is 0 Å². The van der Waals surface area contributed by atoms with Crippen molar-refractivity contribution in [2.75, 3.05) is 7.11 Å². The van der Waals surface area contributed by atoms with E-state index in [0.29, 0.717) is 16.7 Å².